The van der Waals surface area contributed by atoms with Gasteiger partial charge in [-0.15, -0.1) is 11.3 Å². The molecule has 2 nitrogen and oxygen atoms in total. The highest BCUT2D eigenvalue weighted by molar-refractivity contribution is 7.09. The summed E-state index contributed by atoms with van der Waals surface area (Å²) in [5, 5.41) is 7.95. The molecule has 0 aromatic carbocycles. The molecular weight excluding hydrogens is 204 g/mol. The van der Waals surface area contributed by atoms with E-state index in [4.69, 9.17) is 5.41 Å². The third-order valence-electron chi connectivity index (χ3n) is 3.16. The van der Waals surface area contributed by atoms with Crippen molar-refractivity contribution in [1.82, 2.24) is 4.57 Å². The molecule has 1 aliphatic rings. The largest absolute Gasteiger partial charge is 0.324 e. The number of rotatable bonds is 2. The third kappa shape index (κ3) is 2.33. The second-order valence-electron chi connectivity index (χ2n) is 5.60. The molecule has 0 spiro atoms. The van der Waals surface area contributed by atoms with Crippen molar-refractivity contribution in [2.24, 2.45) is 5.92 Å². The average molecular weight is 224 g/mol. The number of thiazole rings is 1. The van der Waals surface area contributed by atoms with Crippen molar-refractivity contribution in [3.05, 3.63) is 15.9 Å². The first-order valence-electron chi connectivity index (χ1n) is 5.72. The normalized spacial score (nSPS) is 17.8. The van der Waals surface area contributed by atoms with Crippen LogP contribution >= 0.6 is 11.3 Å². The van der Waals surface area contributed by atoms with E-state index in [0.29, 0.717) is 4.80 Å². The van der Waals surface area contributed by atoms with Gasteiger partial charge in [-0.2, -0.15) is 0 Å². The zero-order valence-corrected chi connectivity index (χ0v) is 10.7. The predicted octanol–water partition coefficient (Wildman–Crippen LogP) is 3.13. The Morgan fingerprint density at radius 2 is 2.13 bits per heavy atom. The lowest BCUT2D eigenvalue weighted by Gasteiger charge is -2.25. The van der Waals surface area contributed by atoms with Gasteiger partial charge in [0, 0.05) is 17.6 Å². The molecule has 1 N–H and O–H groups in total. The summed E-state index contributed by atoms with van der Waals surface area (Å²) in [6.07, 6.45) is 6.28. The van der Waals surface area contributed by atoms with E-state index in [0.717, 1.165) is 12.5 Å². The Bertz CT molecular complexity index is 390. The first-order valence-corrected chi connectivity index (χ1v) is 6.54. The van der Waals surface area contributed by atoms with Crippen LogP contribution < -0.4 is 4.80 Å². The molecule has 2 rings (SSSR count). The van der Waals surface area contributed by atoms with Crippen molar-refractivity contribution in [2.45, 2.75) is 52.0 Å². The molecule has 0 radical (unpaired) electrons. The minimum absolute atomic E-state index is 0.186. The lowest BCUT2D eigenvalue weighted by atomic mass is 9.85. The van der Waals surface area contributed by atoms with Gasteiger partial charge in [-0.25, -0.2) is 0 Å². The molecule has 0 atom stereocenters. The predicted molar refractivity (Wildman–Crippen MR) is 64.2 cm³/mol. The van der Waals surface area contributed by atoms with Crippen molar-refractivity contribution in [3.63, 3.8) is 0 Å². The summed E-state index contributed by atoms with van der Waals surface area (Å²) >= 11 is 1.63. The van der Waals surface area contributed by atoms with Gasteiger partial charge in [0.1, 0.15) is 0 Å². The maximum absolute atomic E-state index is 7.95. The molecule has 0 aliphatic heterocycles. The van der Waals surface area contributed by atoms with Gasteiger partial charge in [-0.3, -0.25) is 5.41 Å². The summed E-state index contributed by atoms with van der Waals surface area (Å²) in [4.78, 5) is 2.04. The highest BCUT2D eigenvalue weighted by Gasteiger charge is 2.21. The smallest absolute Gasteiger partial charge is 0.182 e. The number of nitrogens with zero attached hydrogens (tertiary/aromatic N) is 1. The minimum Gasteiger partial charge on any atom is -0.324 e. The van der Waals surface area contributed by atoms with Gasteiger partial charge in [0.2, 0.25) is 0 Å². The van der Waals surface area contributed by atoms with Crippen LogP contribution in [0.15, 0.2) is 6.20 Å². The Labute approximate surface area is 95.5 Å². The van der Waals surface area contributed by atoms with E-state index in [-0.39, 0.29) is 5.41 Å². The van der Waals surface area contributed by atoms with E-state index in [9.17, 15) is 0 Å². The highest BCUT2D eigenvalue weighted by Crippen LogP contribution is 2.29. The van der Waals surface area contributed by atoms with Crippen molar-refractivity contribution >= 4 is 11.3 Å². The van der Waals surface area contributed by atoms with Crippen molar-refractivity contribution in [2.75, 3.05) is 0 Å². The first-order chi connectivity index (χ1) is 6.97. The molecule has 1 heterocycles. The molecule has 0 unspecified atom stereocenters. The Kier molecular flexibility index (Phi) is 2.75. The monoisotopic (exact) mass is 224 g/mol. The molecule has 1 aromatic rings. The van der Waals surface area contributed by atoms with Gasteiger partial charge in [0.25, 0.3) is 0 Å². The summed E-state index contributed by atoms with van der Waals surface area (Å²) in [6, 6.07) is 0. The van der Waals surface area contributed by atoms with Crippen LogP contribution in [-0.4, -0.2) is 4.57 Å². The fourth-order valence-electron chi connectivity index (χ4n) is 1.83. The highest BCUT2D eigenvalue weighted by atomic mass is 32.1. The average Bonchev–Trinajstić information content (AvgIpc) is 2.39. The summed E-state index contributed by atoms with van der Waals surface area (Å²) in [7, 11) is 0. The lowest BCUT2D eigenvalue weighted by Crippen LogP contribution is -2.23. The van der Waals surface area contributed by atoms with E-state index in [1.54, 1.807) is 11.3 Å². The van der Waals surface area contributed by atoms with E-state index < -0.39 is 0 Å². The van der Waals surface area contributed by atoms with Crippen molar-refractivity contribution in [3.8, 4) is 0 Å². The maximum atomic E-state index is 7.95. The molecule has 84 valence electrons. The Balaban J connectivity index is 2.17. The molecule has 1 aliphatic carbocycles. The number of aromatic nitrogens is 1. The topological polar surface area (TPSA) is 28.8 Å². The van der Waals surface area contributed by atoms with Gasteiger partial charge < -0.3 is 4.57 Å². The fraction of sp³-hybridized carbons (Fsp3) is 0.750. The zero-order chi connectivity index (χ0) is 11.1. The van der Waals surface area contributed by atoms with Gasteiger partial charge >= 0.3 is 0 Å². The van der Waals surface area contributed by atoms with Gasteiger partial charge in [-0.1, -0.05) is 27.2 Å². The molecule has 0 bridgehead atoms. The van der Waals surface area contributed by atoms with Crippen LogP contribution in [0.25, 0.3) is 0 Å². The Morgan fingerprint density at radius 3 is 2.53 bits per heavy atom. The number of hydrogen-bond acceptors (Lipinski definition) is 2. The summed E-state index contributed by atoms with van der Waals surface area (Å²) < 4.78 is 2.13. The Morgan fingerprint density at radius 1 is 1.47 bits per heavy atom. The number of nitrogens with one attached hydrogen (secondary N) is 1. The standard InChI is InChI=1S/C12H20N2S/c1-12(2,3)10-8-14(11(13)15-10)7-9-5-4-6-9/h8-9,13H,4-7H2,1-3H3. The summed E-state index contributed by atoms with van der Waals surface area (Å²) in [5.74, 6) is 0.835. The van der Waals surface area contributed by atoms with E-state index in [1.807, 2.05) is 0 Å². The second-order valence-corrected chi connectivity index (χ2v) is 6.63. The maximum Gasteiger partial charge on any atom is 0.182 e. The fourth-order valence-corrected chi connectivity index (χ4v) is 2.76. The van der Waals surface area contributed by atoms with Gasteiger partial charge in [0.15, 0.2) is 4.80 Å². The van der Waals surface area contributed by atoms with E-state index >= 15 is 0 Å². The van der Waals surface area contributed by atoms with Crippen LogP contribution in [0.1, 0.15) is 44.9 Å². The number of hydrogen-bond donors (Lipinski definition) is 1. The van der Waals surface area contributed by atoms with Crippen molar-refractivity contribution < 1.29 is 0 Å². The van der Waals surface area contributed by atoms with Crippen LogP contribution in [0.2, 0.25) is 0 Å². The first kappa shape index (κ1) is 10.9. The molecule has 0 amide bonds. The van der Waals surface area contributed by atoms with E-state index in [2.05, 4.69) is 31.5 Å². The molecule has 3 heteroatoms. The van der Waals surface area contributed by atoms with Crippen LogP contribution in [0, 0.1) is 11.3 Å². The van der Waals surface area contributed by atoms with Gasteiger partial charge in [0.05, 0.1) is 0 Å². The molecule has 1 saturated carbocycles. The SMILES string of the molecule is CC(C)(C)c1cn(CC2CCC2)c(=N)s1. The van der Waals surface area contributed by atoms with Crippen LogP contribution in [0.4, 0.5) is 0 Å². The third-order valence-corrected chi connectivity index (χ3v) is 4.52. The van der Waals surface area contributed by atoms with Crippen LogP contribution in [-0.2, 0) is 12.0 Å². The van der Waals surface area contributed by atoms with Crippen LogP contribution in [0.3, 0.4) is 0 Å². The quantitative estimate of drug-likeness (QED) is 0.799. The van der Waals surface area contributed by atoms with Crippen LogP contribution in [0.5, 0.6) is 0 Å². The van der Waals surface area contributed by atoms with Gasteiger partial charge in [-0.05, 0) is 24.2 Å². The molecule has 0 saturated heterocycles. The zero-order valence-electron chi connectivity index (χ0n) is 9.84. The second kappa shape index (κ2) is 3.78. The van der Waals surface area contributed by atoms with E-state index in [1.165, 1.54) is 24.1 Å². The van der Waals surface area contributed by atoms with Crippen molar-refractivity contribution in [1.29, 1.82) is 5.41 Å². The molecule has 1 fully saturated rings. The lowest BCUT2D eigenvalue weighted by molar-refractivity contribution is 0.274. The summed E-state index contributed by atoms with van der Waals surface area (Å²) in [5.41, 5.74) is 0.186. The molecule has 15 heavy (non-hydrogen) atoms. The Hall–Kier alpha value is -0.570. The minimum atomic E-state index is 0.186. The molecule has 1 aromatic heterocycles. The molecular formula is C12H20N2S. The summed E-state index contributed by atoms with van der Waals surface area (Å²) in [6.45, 7) is 7.70.